The van der Waals surface area contributed by atoms with Crippen LogP contribution in [-0.4, -0.2) is 21.9 Å². The van der Waals surface area contributed by atoms with Crippen molar-refractivity contribution in [3.63, 3.8) is 0 Å². The second-order valence-electron chi connectivity index (χ2n) is 4.68. The Bertz CT molecular complexity index is 815. The van der Waals surface area contributed by atoms with Gasteiger partial charge in [0.2, 0.25) is 12.7 Å². The molecule has 0 bridgehead atoms. The number of benzene rings is 1. The van der Waals surface area contributed by atoms with Gasteiger partial charge in [0.1, 0.15) is 5.82 Å². The second-order valence-corrected chi connectivity index (χ2v) is 4.68. The average Bonchev–Trinajstić information content (AvgIpc) is 3.11. The third-order valence-corrected chi connectivity index (χ3v) is 3.23. The van der Waals surface area contributed by atoms with Crippen LogP contribution in [-0.2, 0) is 6.54 Å². The molecule has 0 saturated heterocycles. The number of pyridine rings is 1. The highest BCUT2D eigenvalue weighted by atomic mass is 16.7. The van der Waals surface area contributed by atoms with E-state index in [0.29, 0.717) is 18.3 Å². The third kappa shape index (κ3) is 2.12. The van der Waals surface area contributed by atoms with Crippen molar-refractivity contribution in [3.8, 4) is 11.5 Å². The van der Waals surface area contributed by atoms with Crippen molar-refractivity contribution in [1.82, 2.24) is 15.1 Å². The first-order chi connectivity index (χ1) is 10.3. The molecule has 7 heteroatoms. The van der Waals surface area contributed by atoms with Crippen molar-refractivity contribution in [3.05, 3.63) is 36.1 Å². The molecule has 0 unspecified atom stereocenters. The summed E-state index contributed by atoms with van der Waals surface area (Å²) in [7, 11) is 0. The fraction of sp³-hybridized carbons (Fsp3) is 0.214. The van der Waals surface area contributed by atoms with E-state index in [2.05, 4.69) is 20.4 Å². The van der Waals surface area contributed by atoms with Crippen molar-refractivity contribution in [2.45, 2.75) is 13.5 Å². The maximum Gasteiger partial charge on any atom is 0.245 e. The van der Waals surface area contributed by atoms with Crippen LogP contribution >= 0.6 is 0 Å². The molecular formula is C14H12N4O3. The fourth-order valence-corrected chi connectivity index (χ4v) is 2.27. The molecule has 1 aromatic carbocycles. The number of hydrogen-bond donors (Lipinski definition) is 1. The molecule has 3 heterocycles. The minimum atomic E-state index is 0.253. The van der Waals surface area contributed by atoms with Crippen LogP contribution in [0.1, 0.15) is 11.7 Å². The van der Waals surface area contributed by atoms with Crippen LogP contribution in [0.5, 0.6) is 11.5 Å². The largest absolute Gasteiger partial charge is 0.454 e. The third-order valence-electron chi connectivity index (χ3n) is 3.23. The first-order valence-electron chi connectivity index (χ1n) is 6.51. The van der Waals surface area contributed by atoms with Gasteiger partial charge in [-0.3, -0.25) is 0 Å². The summed E-state index contributed by atoms with van der Waals surface area (Å²) in [5.41, 5.74) is 0. The quantitative estimate of drug-likeness (QED) is 0.789. The summed E-state index contributed by atoms with van der Waals surface area (Å²) >= 11 is 0. The highest BCUT2D eigenvalue weighted by Gasteiger charge is 2.16. The molecule has 0 fully saturated rings. The minimum Gasteiger partial charge on any atom is -0.454 e. The molecule has 1 aliphatic heterocycles. The molecular weight excluding hydrogens is 272 g/mol. The number of aryl methyl sites for hydroxylation is 1. The Morgan fingerprint density at radius 3 is 2.90 bits per heavy atom. The smallest absolute Gasteiger partial charge is 0.245 e. The maximum atomic E-state index is 5.41. The number of ether oxygens (including phenoxy) is 2. The molecule has 21 heavy (non-hydrogen) atoms. The van der Waals surface area contributed by atoms with E-state index in [1.165, 1.54) is 0 Å². The van der Waals surface area contributed by atoms with E-state index in [-0.39, 0.29) is 6.79 Å². The monoisotopic (exact) mass is 284 g/mol. The zero-order valence-electron chi connectivity index (χ0n) is 11.3. The second kappa shape index (κ2) is 4.62. The summed E-state index contributed by atoms with van der Waals surface area (Å²) in [5.74, 6) is 3.36. The average molecular weight is 284 g/mol. The lowest BCUT2D eigenvalue weighted by Crippen LogP contribution is -2.02. The van der Waals surface area contributed by atoms with Crippen molar-refractivity contribution >= 4 is 16.6 Å². The molecule has 7 nitrogen and oxygen atoms in total. The summed E-state index contributed by atoms with van der Waals surface area (Å²) in [5, 5.41) is 8.94. The van der Waals surface area contributed by atoms with Gasteiger partial charge in [0.25, 0.3) is 0 Å². The van der Waals surface area contributed by atoms with E-state index in [9.17, 15) is 0 Å². The Hall–Kier alpha value is -2.83. The lowest BCUT2D eigenvalue weighted by atomic mass is 10.1. The summed E-state index contributed by atoms with van der Waals surface area (Å²) in [6.07, 6.45) is 1.74. The molecule has 0 atom stereocenters. The first-order valence-corrected chi connectivity index (χ1v) is 6.51. The predicted octanol–water partition coefficient (Wildman–Crippen LogP) is 2.27. The summed E-state index contributed by atoms with van der Waals surface area (Å²) in [6, 6.07) is 5.80. The zero-order chi connectivity index (χ0) is 14.2. The molecule has 2 aromatic heterocycles. The summed E-state index contributed by atoms with van der Waals surface area (Å²) in [6.45, 7) is 2.45. The van der Waals surface area contributed by atoms with Crippen LogP contribution in [0.25, 0.3) is 10.8 Å². The lowest BCUT2D eigenvalue weighted by Gasteiger charge is -2.07. The number of rotatable bonds is 3. The van der Waals surface area contributed by atoms with E-state index < -0.39 is 0 Å². The van der Waals surface area contributed by atoms with Gasteiger partial charge in [0, 0.05) is 11.6 Å². The molecule has 3 aromatic rings. The van der Waals surface area contributed by atoms with E-state index in [0.717, 1.165) is 28.1 Å². The van der Waals surface area contributed by atoms with Crippen molar-refractivity contribution in [1.29, 1.82) is 0 Å². The highest BCUT2D eigenvalue weighted by molar-refractivity contribution is 5.94. The van der Waals surface area contributed by atoms with Crippen LogP contribution in [0.15, 0.2) is 28.9 Å². The van der Waals surface area contributed by atoms with Gasteiger partial charge < -0.3 is 19.3 Å². The molecule has 0 aliphatic carbocycles. The number of anilines is 1. The maximum absolute atomic E-state index is 5.41. The molecule has 0 amide bonds. The van der Waals surface area contributed by atoms with Gasteiger partial charge in [-0.2, -0.15) is 4.98 Å². The Kier molecular flexibility index (Phi) is 2.63. The Morgan fingerprint density at radius 1 is 1.24 bits per heavy atom. The standard InChI is InChI=1S/C14H12N4O3/c1-8-17-13(21-18-8)6-16-14-10-5-12-11(19-7-20-12)4-9(10)2-3-15-14/h2-5H,6-7H2,1H3,(H,15,16). The topological polar surface area (TPSA) is 82.3 Å². The van der Waals surface area contributed by atoms with Gasteiger partial charge in [0.05, 0.1) is 6.54 Å². The Morgan fingerprint density at radius 2 is 2.10 bits per heavy atom. The van der Waals surface area contributed by atoms with E-state index in [4.69, 9.17) is 14.0 Å². The fourth-order valence-electron chi connectivity index (χ4n) is 2.27. The highest BCUT2D eigenvalue weighted by Crippen LogP contribution is 2.37. The van der Waals surface area contributed by atoms with Gasteiger partial charge in [-0.05, 0) is 30.5 Å². The summed E-state index contributed by atoms with van der Waals surface area (Å²) < 4.78 is 15.9. The zero-order valence-corrected chi connectivity index (χ0v) is 11.3. The number of hydrogen-bond acceptors (Lipinski definition) is 7. The number of fused-ring (bicyclic) bond motifs is 2. The number of aromatic nitrogens is 3. The Labute approximate surface area is 119 Å². The van der Waals surface area contributed by atoms with Gasteiger partial charge in [-0.1, -0.05) is 5.16 Å². The molecule has 1 aliphatic rings. The van der Waals surface area contributed by atoms with Crippen LogP contribution in [0, 0.1) is 6.92 Å². The van der Waals surface area contributed by atoms with E-state index in [1.807, 2.05) is 18.2 Å². The first kappa shape index (κ1) is 12.0. The van der Waals surface area contributed by atoms with Gasteiger partial charge in [0.15, 0.2) is 17.3 Å². The molecule has 0 radical (unpaired) electrons. The van der Waals surface area contributed by atoms with Crippen LogP contribution in [0.4, 0.5) is 5.82 Å². The van der Waals surface area contributed by atoms with Crippen molar-refractivity contribution in [2.75, 3.05) is 12.1 Å². The Balaban J connectivity index is 1.68. The number of nitrogens with zero attached hydrogens (tertiary/aromatic N) is 3. The van der Waals surface area contributed by atoms with Gasteiger partial charge in [-0.25, -0.2) is 4.98 Å². The van der Waals surface area contributed by atoms with Crippen molar-refractivity contribution in [2.24, 2.45) is 0 Å². The molecule has 0 spiro atoms. The molecule has 106 valence electrons. The van der Waals surface area contributed by atoms with Crippen molar-refractivity contribution < 1.29 is 14.0 Å². The van der Waals surface area contributed by atoms with E-state index >= 15 is 0 Å². The van der Waals surface area contributed by atoms with Crippen LogP contribution < -0.4 is 14.8 Å². The van der Waals surface area contributed by atoms with E-state index in [1.54, 1.807) is 13.1 Å². The van der Waals surface area contributed by atoms with Crippen LogP contribution in [0.3, 0.4) is 0 Å². The molecule has 0 saturated carbocycles. The number of nitrogens with one attached hydrogen (secondary N) is 1. The van der Waals surface area contributed by atoms with Gasteiger partial charge in [-0.15, -0.1) is 0 Å². The minimum absolute atomic E-state index is 0.253. The van der Waals surface area contributed by atoms with Gasteiger partial charge >= 0.3 is 0 Å². The lowest BCUT2D eigenvalue weighted by molar-refractivity contribution is 0.174. The SMILES string of the molecule is Cc1noc(CNc2nccc3cc4c(cc23)OCO4)n1. The predicted molar refractivity (Wildman–Crippen MR) is 74.2 cm³/mol. The van der Waals surface area contributed by atoms with Crippen LogP contribution in [0.2, 0.25) is 0 Å². The summed E-state index contributed by atoms with van der Waals surface area (Å²) in [4.78, 5) is 8.51. The molecule has 1 N–H and O–H groups in total. The normalized spacial score (nSPS) is 12.8. The molecule has 4 rings (SSSR count).